The van der Waals surface area contributed by atoms with Gasteiger partial charge in [-0.2, -0.15) is 0 Å². The zero-order valence-electron chi connectivity index (χ0n) is 88.4. The van der Waals surface area contributed by atoms with Gasteiger partial charge in [-0.05, 0) is 220 Å². The Morgan fingerprint density at radius 2 is 0.486 bits per heavy atom. The summed E-state index contributed by atoms with van der Waals surface area (Å²) < 4.78 is 6.90. The van der Waals surface area contributed by atoms with E-state index in [1.54, 1.807) is 0 Å². The molecular weight excluding hydrogens is 1700 g/mol. The zero-order valence-corrected chi connectivity index (χ0v) is 88.4. The van der Waals surface area contributed by atoms with E-state index in [0.29, 0.717) is 5.92 Å². The molecule has 3 aliphatic rings. The highest BCUT2D eigenvalue weighted by Crippen LogP contribution is 2.33. The Kier molecular flexibility index (Phi) is 27.0. The van der Waals surface area contributed by atoms with E-state index in [1.807, 2.05) is 0 Å². The van der Waals surface area contributed by atoms with Gasteiger partial charge in [0.15, 0.2) is 18.6 Å². The maximum Gasteiger partial charge on any atom is 0.241 e. The number of fused-ring (bicyclic) bond motifs is 6. The molecule has 0 aliphatic carbocycles. The third-order valence-corrected chi connectivity index (χ3v) is 32.1. The van der Waals surface area contributed by atoms with Gasteiger partial charge in [0.05, 0.1) is 0 Å². The minimum atomic E-state index is 0.144. The van der Waals surface area contributed by atoms with E-state index in [2.05, 4.69) is 527 Å². The van der Waals surface area contributed by atoms with Crippen molar-refractivity contribution in [3.05, 3.63) is 446 Å². The lowest BCUT2D eigenvalue weighted by molar-refractivity contribution is -0.660. The van der Waals surface area contributed by atoms with E-state index in [0.717, 1.165) is 6.42 Å². The quantitative estimate of drug-likeness (QED) is 0.0760. The second kappa shape index (κ2) is 39.6. The first-order valence-corrected chi connectivity index (χ1v) is 51.5. The van der Waals surface area contributed by atoms with Crippen LogP contribution in [0.2, 0.25) is 0 Å². The molecule has 696 valence electrons. The van der Waals surface area contributed by atoms with Gasteiger partial charge < -0.3 is 0 Å². The average Bonchev–Trinajstić information content (AvgIpc) is 0.718. The molecule has 3 aliphatic heterocycles. The Hall–Kier alpha value is -13.9. The summed E-state index contributed by atoms with van der Waals surface area (Å²) in [4.78, 5) is 0. The van der Waals surface area contributed by atoms with Crippen LogP contribution >= 0.6 is 0 Å². The smallest absolute Gasteiger partial charge is 0.201 e. The second-order valence-electron chi connectivity index (χ2n) is 43.3. The first kappa shape index (κ1) is 97.0. The normalized spacial score (nSPS) is 12.4. The maximum atomic E-state index is 2.47. The SMILES string of the molecule is Cc1cc(-c2ccc3c(c2C)B(c2c(C)cccc2C)c2ccccc2B3c2c(C)cc(-c3ccccc3)cc2C)[n+](C)cc1C.Cc1cc(-c2ccccc2)cc(C)c1B1c2ccccc2B(c2c(C)cccc2C)c2c1ccc(-c1cc(C(C)C)cc[n+]1C)c2C.Cc1cc(-c2ccccc2)cc(C)c1B1c2ccccc2B(c2c(C)cccc2C)c2c1ccc(-c1cc(CC(C)(C)C)cc[n+]1C)c2C. The summed E-state index contributed by atoms with van der Waals surface area (Å²) in [6.07, 6.45) is 7.79. The number of aromatic nitrogens is 3. The number of pyridine rings is 3. The van der Waals surface area contributed by atoms with Crippen LogP contribution in [0.15, 0.2) is 340 Å². The minimum Gasteiger partial charge on any atom is -0.201 e. The van der Waals surface area contributed by atoms with E-state index in [9.17, 15) is 0 Å². The van der Waals surface area contributed by atoms with Crippen LogP contribution in [0.1, 0.15) is 146 Å². The molecule has 0 amide bonds. The van der Waals surface area contributed by atoms with Crippen molar-refractivity contribution in [1.29, 1.82) is 0 Å². The van der Waals surface area contributed by atoms with E-state index >= 15 is 0 Å². The van der Waals surface area contributed by atoms with Crippen LogP contribution in [0, 0.1) is 123 Å². The maximum absolute atomic E-state index is 2.47. The molecule has 18 aromatic rings. The Labute approximate surface area is 850 Å². The molecular formula is C133H134B6N3+3. The van der Waals surface area contributed by atoms with Crippen LogP contribution < -0.4 is 112 Å². The van der Waals surface area contributed by atoms with Crippen LogP contribution in [0.5, 0.6) is 0 Å². The molecule has 0 N–H and O–H groups in total. The van der Waals surface area contributed by atoms with Crippen molar-refractivity contribution in [1.82, 2.24) is 0 Å². The van der Waals surface area contributed by atoms with Gasteiger partial charge >= 0.3 is 0 Å². The minimum absolute atomic E-state index is 0.144. The van der Waals surface area contributed by atoms with Crippen molar-refractivity contribution in [2.24, 2.45) is 26.6 Å². The van der Waals surface area contributed by atoms with Crippen molar-refractivity contribution in [3.63, 3.8) is 0 Å². The average molecular weight is 1840 g/mol. The molecule has 3 nitrogen and oxygen atoms in total. The Morgan fingerprint density at radius 1 is 0.218 bits per heavy atom. The van der Waals surface area contributed by atoms with E-state index in [1.165, 1.54) is 271 Å². The van der Waals surface area contributed by atoms with Gasteiger partial charge in [0.25, 0.3) is 0 Å². The molecule has 9 heteroatoms. The van der Waals surface area contributed by atoms with Crippen molar-refractivity contribution in [3.8, 4) is 67.2 Å². The fourth-order valence-electron chi connectivity index (χ4n) is 25.4. The molecule has 21 rings (SSSR count). The molecule has 0 bridgehead atoms. The lowest BCUT2D eigenvalue weighted by Gasteiger charge is -2.36. The summed E-state index contributed by atoms with van der Waals surface area (Å²) in [5.74, 6) is 0.469. The number of hydrogen-bond donors (Lipinski definition) is 0. The first-order valence-electron chi connectivity index (χ1n) is 51.5. The van der Waals surface area contributed by atoms with Crippen LogP contribution in [-0.2, 0) is 27.6 Å². The van der Waals surface area contributed by atoms with Crippen molar-refractivity contribution >= 4 is 139 Å². The first-order chi connectivity index (χ1) is 68.2. The summed E-state index contributed by atoms with van der Waals surface area (Å²) in [5.41, 5.74) is 67.1. The lowest BCUT2D eigenvalue weighted by atomic mass is 9.20. The monoisotopic (exact) mass is 1840 g/mol. The number of benzene rings is 15. The van der Waals surface area contributed by atoms with Gasteiger partial charge in [0.1, 0.15) is 21.1 Å². The molecule has 0 atom stereocenters. The molecule has 142 heavy (non-hydrogen) atoms. The third kappa shape index (κ3) is 18.0. The van der Waals surface area contributed by atoms with Gasteiger partial charge in [-0.25, -0.2) is 13.7 Å². The predicted octanol–water partition coefficient (Wildman–Crippen LogP) is 17.5. The van der Waals surface area contributed by atoms with Crippen LogP contribution in [0.4, 0.5) is 0 Å². The Morgan fingerprint density at radius 3 is 0.782 bits per heavy atom. The highest BCUT2D eigenvalue weighted by molar-refractivity contribution is 7.14. The van der Waals surface area contributed by atoms with Gasteiger partial charge in [0.2, 0.25) is 57.4 Å². The number of nitrogens with zero attached hydrogens (tertiary/aromatic N) is 3. The molecule has 0 unspecified atom stereocenters. The molecule has 15 aromatic carbocycles. The predicted molar refractivity (Wildman–Crippen MR) is 619 cm³/mol. The van der Waals surface area contributed by atoms with E-state index in [4.69, 9.17) is 0 Å². The van der Waals surface area contributed by atoms with Crippen molar-refractivity contribution in [2.45, 2.75) is 165 Å². The molecule has 0 spiro atoms. The highest BCUT2D eigenvalue weighted by atomic mass is 14.9. The summed E-state index contributed by atoms with van der Waals surface area (Å²) in [7, 11) is 6.56. The van der Waals surface area contributed by atoms with Crippen LogP contribution in [0.25, 0.3) is 67.2 Å². The fraction of sp³-hybridized carbons (Fsp3) is 0.211. The summed E-state index contributed by atoms with van der Waals surface area (Å²) >= 11 is 0. The summed E-state index contributed by atoms with van der Waals surface area (Å²) in [5, 5.41) is 0. The van der Waals surface area contributed by atoms with Crippen LogP contribution in [0.3, 0.4) is 0 Å². The topological polar surface area (TPSA) is 11.6 Å². The molecule has 0 saturated carbocycles. The second-order valence-corrected chi connectivity index (χ2v) is 43.3. The van der Waals surface area contributed by atoms with Gasteiger partial charge in [-0.3, -0.25) is 0 Å². The Balaban J connectivity index is 0.000000135. The van der Waals surface area contributed by atoms with E-state index in [-0.39, 0.29) is 45.7 Å². The third-order valence-electron chi connectivity index (χ3n) is 32.1. The molecule has 0 fully saturated rings. The Bertz CT molecular complexity index is 7850. The highest BCUT2D eigenvalue weighted by Gasteiger charge is 2.47. The van der Waals surface area contributed by atoms with Gasteiger partial charge in [-0.1, -0.05) is 473 Å². The molecule has 0 radical (unpaired) electrons. The van der Waals surface area contributed by atoms with Gasteiger partial charge in [-0.15, -0.1) is 0 Å². The number of rotatable bonds is 14. The molecule has 0 saturated heterocycles. The zero-order chi connectivity index (χ0) is 99.9. The van der Waals surface area contributed by atoms with E-state index < -0.39 is 0 Å². The lowest BCUT2D eigenvalue weighted by Crippen LogP contribution is -2.76. The van der Waals surface area contributed by atoms with Crippen molar-refractivity contribution < 1.29 is 13.7 Å². The van der Waals surface area contributed by atoms with Crippen LogP contribution in [-0.4, -0.2) is 40.3 Å². The standard InChI is InChI=1S/C46H48B2N.C44H44B2N.C43H42B2N/c1-30-16-15-17-31(2)43(30)48-40-21-14-13-20-39(40)47(44-32(3)26-37(27-33(44)4)36-18-11-10-12-19-36)41-23-22-38(34(5)45(41)48)42-28-35(24-25-49(42)9)29-46(6,7)8;1-28(2)35-23-24-47(8)41(27-35)37-21-22-40-44(33(37)7)46(42-29(3)15-14-16-30(42)4)39-20-13-12-19-38(39)45(40)43-31(5)25-36(26-32(43)6)34-17-10-9-11-18-34;1-27-15-14-16-28(2)41(27)45-38-20-13-12-19-37(38)44(42-30(4)23-35(24-31(42)5)34-17-10-9-11-18-34)39-22-21-36(33(7)43(39)45)40-25-29(3)32(6)26-46(40)8/h10-28H,29H2,1-9H3;9-28H,1-8H3;9-26H,1-8H3/q3*+1. The largest absolute Gasteiger partial charge is 0.241 e. The number of hydrogen-bond acceptors (Lipinski definition) is 0. The molecule has 6 heterocycles. The number of aryl methyl sites for hydroxylation is 17. The summed E-state index contributed by atoms with van der Waals surface area (Å²) in [6.45, 7) is 51.6. The van der Waals surface area contributed by atoms with Crippen molar-refractivity contribution in [2.75, 3.05) is 0 Å². The van der Waals surface area contributed by atoms with Gasteiger partial charge in [0, 0.05) is 52.6 Å². The fourth-order valence-corrected chi connectivity index (χ4v) is 25.4. The molecule has 3 aromatic heterocycles. The summed E-state index contributed by atoms with van der Waals surface area (Å²) in [6, 6.07) is 121.